The van der Waals surface area contributed by atoms with Crippen molar-refractivity contribution < 1.29 is 0 Å². The molecule has 118 valence electrons. The first-order chi connectivity index (χ1) is 12.8. The number of terminal acetylenes is 2. The van der Waals surface area contributed by atoms with Crippen LogP contribution in [0.4, 0.5) is 0 Å². The van der Waals surface area contributed by atoms with Crippen molar-refractivity contribution in [1.29, 1.82) is 0 Å². The lowest BCUT2D eigenvalue weighted by Gasteiger charge is -2.11. The Kier molecular flexibility index (Phi) is 2.95. The molecule has 0 unspecified atom stereocenters. The Bertz CT molecular complexity index is 1340. The molecule has 2 nitrogen and oxygen atoms in total. The number of nitrogens with zero attached hydrogens (tertiary/aromatic N) is 2. The minimum Gasteiger partial charge on any atom is -0.244 e. The highest BCUT2D eigenvalue weighted by atomic mass is 14.8. The van der Waals surface area contributed by atoms with Gasteiger partial charge in [-0.25, -0.2) is 9.97 Å². The fourth-order valence-corrected chi connectivity index (χ4v) is 3.50. The summed E-state index contributed by atoms with van der Waals surface area (Å²) < 4.78 is 0. The van der Waals surface area contributed by atoms with Crippen LogP contribution in [0.3, 0.4) is 0 Å². The van der Waals surface area contributed by atoms with Crippen LogP contribution < -0.4 is 0 Å². The van der Waals surface area contributed by atoms with Gasteiger partial charge >= 0.3 is 0 Å². The van der Waals surface area contributed by atoms with E-state index in [0.717, 1.165) is 54.7 Å². The average molecular weight is 328 g/mol. The summed E-state index contributed by atoms with van der Waals surface area (Å²) in [6, 6.07) is 19.9. The van der Waals surface area contributed by atoms with Crippen LogP contribution in [0.1, 0.15) is 11.1 Å². The van der Waals surface area contributed by atoms with Crippen molar-refractivity contribution in [2.75, 3.05) is 0 Å². The second kappa shape index (κ2) is 5.31. The fourth-order valence-electron chi connectivity index (χ4n) is 3.50. The van der Waals surface area contributed by atoms with E-state index in [9.17, 15) is 0 Å². The summed E-state index contributed by atoms with van der Waals surface area (Å²) in [4.78, 5) is 9.80. The number of rotatable bonds is 0. The van der Waals surface area contributed by atoms with Gasteiger partial charge < -0.3 is 0 Å². The Labute approximate surface area is 150 Å². The van der Waals surface area contributed by atoms with Crippen LogP contribution in [0.2, 0.25) is 0 Å². The lowest BCUT2D eigenvalue weighted by atomic mass is 9.96. The summed E-state index contributed by atoms with van der Waals surface area (Å²) in [7, 11) is 0. The second-order valence-corrected chi connectivity index (χ2v) is 6.22. The van der Waals surface area contributed by atoms with Gasteiger partial charge in [0.15, 0.2) is 0 Å². The first kappa shape index (κ1) is 14.5. The van der Waals surface area contributed by atoms with E-state index in [2.05, 4.69) is 11.8 Å². The fraction of sp³-hybridized carbons (Fsp3) is 0. The molecule has 0 bridgehead atoms. The predicted molar refractivity (Wildman–Crippen MR) is 108 cm³/mol. The third-order valence-corrected chi connectivity index (χ3v) is 4.74. The summed E-state index contributed by atoms with van der Waals surface area (Å²) in [5, 5.41) is 4.15. The standard InChI is InChI=1S/C24H12N2/c1-3-15-9-11-17-19(13-15)20-14-16(4-2)10-12-18(20)24-23(17)25-21-7-5-6-8-22(21)26-24/h1-2,5-14H. The Morgan fingerprint density at radius 3 is 1.46 bits per heavy atom. The molecule has 0 aliphatic rings. The van der Waals surface area contributed by atoms with Crippen LogP contribution in [0.25, 0.3) is 43.6 Å². The minimum absolute atomic E-state index is 0.831. The molecule has 0 atom stereocenters. The van der Waals surface area contributed by atoms with Gasteiger partial charge in [0.25, 0.3) is 0 Å². The number of fused-ring (bicyclic) bond motifs is 7. The van der Waals surface area contributed by atoms with Gasteiger partial charge in [0, 0.05) is 21.9 Å². The highest BCUT2D eigenvalue weighted by molar-refractivity contribution is 6.24. The highest BCUT2D eigenvalue weighted by Gasteiger charge is 2.13. The summed E-state index contributed by atoms with van der Waals surface area (Å²) in [6.45, 7) is 0. The first-order valence-corrected chi connectivity index (χ1v) is 8.28. The molecule has 0 aliphatic heterocycles. The molecule has 0 radical (unpaired) electrons. The van der Waals surface area contributed by atoms with Gasteiger partial charge in [-0.3, -0.25) is 0 Å². The third kappa shape index (κ3) is 1.97. The molecule has 0 spiro atoms. The monoisotopic (exact) mass is 328 g/mol. The third-order valence-electron chi connectivity index (χ3n) is 4.74. The first-order valence-electron chi connectivity index (χ1n) is 8.28. The van der Waals surface area contributed by atoms with Gasteiger partial charge in [0.2, 0.25) is 0 Å². The molecule has 1 aromatic heterocycles. The van der Waals surface area contributed by atoms with Gasteiger partial charge in [-0.05, 0) is 47.2 Å². The molecule has 2 heteroatoms. The van der Waals surface area contributed by atoms with Crippen molar-refractivity contribution in [3.8, 4) is 24.7 Å². The number of hydrogen-bond donors (Lipinski definition) is 0. The molecule has 5 aromatic rings. The van der Waals surface area contributed by atoms with Gasteiger partial charge in [-0.1, -0.05) is 36.1 Å². The number of para-hydroxylation sites is 2. The molecule has 26 heavy (non-hydrogen) atoms. The van der Waals surface area contributed by atoms with Crippen molar-refractivity contribution in [2.45, 2.75) is 0 Å². The minimum atomic E-state index is 0.831. The normalized spacial score (nSPS) is 11.0. The smallest absolute Gasteiger partial charge is 0.0979 e. The summed E-state index contributed by atoms with van der Waals surface area (Å²) >= 11 is 0. The molecule has 0 saturated carbocycles. The predicted octanol–water partition coefficient (Wildman–Crippen LogP) is 5.05. The lowest BCUT2D eigenvalue weighted by molar-refractivity contribution is 1.42. The zero-order valence-electron chi connectivity index (χ0n) is 13.8. The van der Waals surface area contributed by atoms with Crippen molar-refractivity contribution in [1.82, 2.24) is 9.97 Å². The Morgan fingerprint density at radius 1 is 0.577 bits per heavy atom. The van der Waals surface area contributed by atoms with E-state index in [0.29, 0.717) is 0 Å². The van der Waals surface area contributed by atoms with Crippen LogP contribution in [0.15, 0.2) is 60.7 Å². The highest BCUT2D eigenvalue weighted by Crippen LogP contribution is 2.35. The van der Waals surface area contributed by atoms with Crippen molar-refractivity contribution >= 4 is 43.6 Å². The summed E-state index contributed by atoms with van der Waals surface area (Å²) in [5.74, 6) is 5.43. The maximum Gasteiger partial charge on any atom is 0.0979 e. The zero-order valence-corrected chi connectivity index (χ0v) is 13.8. The van der Waals surface area contributed by atoms with E-state index in [1.54, 1.807) is 0 Å². The van der Waals surface area contributed by atoms with Crippen molar-refractivity contribution in [2.24, 2.45) is 0 Å². The molecule has 0 amide bonds. The van der Waals surface area contributed by atoms with Gasteiger partial charge in [-0.15, -0.1) is 12.8 Å². The van der Waals surface area contributed by atoms with E-state index >= 15 is 0 Å². The maximum atomic E-state index is 5.62. The number of aromatic nitrogens is 2. The quantitative estimate of drug-likeness (QED) is 0.226. The van der Waals surface area contributed by atoms with E-state index in [1.165, 1.54) is 0 Å². The Balaban J connectivity index is 2.11. The molecule has 0 saturated heterocycles. The summed E-state index contributed by atoms with van der Waals surface area (Å²) in [6.07, 6.45) is 11.2. The van der Waals surface area contributed by atoms with Gasteiger partial charge in [0.05, 0.1) is 22.1 Å². The van der Waals surface area contributed by atoms with Crippen LogP contribution in [0, 0.1) is 24.7 Å². The second-order valence-electron chi connectivity index (χ2n) is 6.22. The average Bonchev–Trinajstić information content (AvgIpc) is 2.71. The molecular weight excluding hydrogens is 316 g/mol. The SMILES string of the molecule is C#Cc1ccc2c(c1)c1cc(C#C)ccc1c1nc3ccccc3nc21. The Morgan fingerprint density at radius 2 is 1.04 bits per heavy atom. The van der Waals surface area contributed by atoms with Crippen LogP contribution in [0.5, 0.6) is 0 Å². The molecule has 5 rings (SSSR count). The molecule has 0 N–H and O–H groups in total. The van der Waals surface area contributed by atoms with Gasteiger partial charge in [0.1, 0.15) is 0 Å². The number of benzene rings is 4. The zero-order chi connectivity index (χ0) is 17.7. The summed E-state index contributed by atoms with van der Waals surface area (Å²) in [5.41, 5.74) is 5.17. The number of hydrogen-bond acceptors (Lipinski definition) is 2. The van der Waals surface area contributed by atoms with Crippen LogP contribution in [-0.4, -0.2) is 9.97 Å². The maximum absolute atomic E-state index is 5.62. The molecule has 0 fully saturated rings. The molecule has 1 heterocycles. The van der Waals surface area contributed by atoms with Crippen LogP contribution >= 0.6 is 0 Å². The van der Waals surface area contributed by atoms with E-state index in [-0.39, 0.29) is 0 Å². The van der Waals surface area contributed by atoms with Crippen LogP contribution in [-0.2, 0) is 0 Å². The van der Waals surface area contributed by atoms with Gasteiger partial charge in [-0.2, -0.15) is 0 Å². The van der Waals surface area contributed by atoms with E-state index < -0.39 is 0 Å². The lowest BCUT2D eigenvalue weighted by Crippen LogP contribution is -1.92. The topological polar surface area (TPSA) is 25.8 Å². The molecule has 0 aliphatic carbocycles. The van der Waals surface area contributed by atoms with Crippen molar-refractivity contribution in [3.63, 3.8) is 0 Å². The Hall–Kier alpha value is -3.88. The largest absolute Gasteiger partial charge is 0.244 e. The van der Waals surface area contributed by atoms with E-state index in [1.807, 2.05) is 60.7 Å². The molecular formula is C24H12N2. The molecule has 4 aromatic carbocycles. The van der Waals surface area contributed by atoms with E-state index in [4.69, 9.17) is 22.8 Å². The van der Waals surface area contributed by atoms with Crippen molar-refractivity contribution in [3.05, 3.63) is 71.8 Å².